The Kier molecular flexibility index (Phi) is 8.22. The topological polar surface area (TPSA) is 79.0 Å². The first-order chi connectivity index (χ1) is 12.8. The summed E-state index contributed by atoms with van der Waals surface area (Å²) in [5.74, 6) is -0.0803. The van der Waals surface area contributed by atoms with Gasteiger partial charge in [-0.15, -0.1) is 0 Å². The van der Waals surface area contributed by atoms with Gasteiger partial charge in [0.2, 0.25) is 10.0 Å². The van der Waals surface area contributed by atoms with E-state index in [1.165, 1.54) is 10.6 Å². The van der Waals surface area contributed by atoms with Crippen molar-refractivity contribution >= 4 is 15.9 Å². The summed E-state index contributed by atoms with van der Waals surface area (Å²) in [5, 5.41) is 2.92. The van der Waals surface area contributed by atoms with Crippen molar-refractivity contribution in [3.8, 4) is 0 Å². The van der Waals surface area contributed by atoms with E-state index < -0.39 is 10.0 Å². The lowest BCUT2D eigenvalue weighted by molar-refractivity contribution is 0.0757. The predicted molar refractivity (Wildman–Crippen MR) is 106 cm³/mol. The van der Waals surface area contributed by atoms with E-state index in [1.807, 2.05) is 38.1 Å². The molecule has 1 heterocycles. The number of carbonyl (C=O) groups excluding carboxylic acids is 1. The molecule has 1 saturated heterocycles. The Hall–Kier alpha value is -1.48. The molecule has 2 rings (SSSR count). The van der Waals surface area contributed by atoms with Gasteiger partial charge >= 0.3 is 0 Å². The number of piperazine rings is 1. The van der Waals surface area contributed by atoms with Gasteiger partial charge in [-0.3, -0.25) is 9.69 Å². The maximum absolute atomic E-state index is 12.3. The minimum Gasteiger partial charge on any atom is -0.379 e. The van der Waals surface area contributed by atoms with Crippen LogP contribution in [-0.2, 0) is 21.3 Å². The Bertz CT molecular complexity index is 713. The SMILES string of the molecule is CC(C)OCCCNC(=O)c1cccc(CN2CCN(S(C)(=O)=O)CC2)c1. The molecule has 1 aromatic rings. The molecular formula is C19H31N3O4S. The van der Waals surface area contributed by atoms with Crippen LogP contribution in [0.4, 0.5) is 0 Å². The Morgan fingerprint density at radius 3 is 2.56 bits per heavy atom. The summed E-state index contributed by atoms with van der Waals surface area (Å²) < 4.78 is 30.1. The van der Waals surface area contributed by atoms with Gasteiger partial charge in [0, 0.05) is 51.4 Å². The van der Waals surface area contributed by atoms with Crippen molar-refractivity contribution in [2.24, 2.45) is 0 Å². The molecule has 152 valence electrons. The van der Waals surface area contributed by atoms with Crippen molar-refractivity contribution in [2.45, 2.75) is 32.9 Å². The van der Waals surface area contributed by atoms with Gasteiger partial charge in [-0.2, -0.15) is 4.31 Å². The predicted octanol–water partition coefficient (Wildman–Crippen LogP) is 1.31. The smallest absolute Gasteiger partial charge is 0.251 e. The van der Waals surface area contributed by atoms with Crippen LogP contribution in [0, 0.1) is 0 Å². The Labute approximate surface area is 162 Å². The van der Waals surface area contributed by atoms with Crippen LogP contribution in [0.2, 0.25) is 0 Å². The number of sulfonamides is 1. The van der Waals surface area contributed by atoms with Gasteiger partial charge in [-0.25, -0.2) is 8.42 Å². The lowest BCUT2D eigenvalue weighted by Gasteiger charge is -2.33. The van der Waals surface area contributed by atoms with Crippen LogP contribution in [0.3, 0.4) is 0 Å². The standard InChI is InChI=1S/C19H31N3O4S/c1-16(2)26-13-5-8-20-19(23)18-7-4-6-17(14-18)15-21-9-11-22(12-10-21)27(3,24)25/h4,6-7,14,16H,5,8-13,15H2,1-3H3,(H,20,23). The largest absolute Gasteiger partial charge is 0.379 e. The number of rotatable bonds is 9. The molecule has 0 radical (unpaired) electrons. The van der Waals surface area contributed by atoms with E-state index in [2.05, 4.69) is 10.2 Å². The highest BCUT2D eigenvalue weighted by Gasteiger charge is 2.23. The van der Waals surface area contributed by atoms with E-state index in [4.69, 9.17) is 4.74 Å². The number of carbonyl (C=O) groups is 1. The maximum Gasteiger partial charge on any atom is 0.251 e. The van der Waals surface area contributed by atoms with Crippen LogP contribution in [0.15, 0.2) is 24.3 Å². The highest BCUT2D eigenvalue weighted by atomic mass is 32.2. The molecule has 0 spiro atoms. The molecule has 1 aliphatic heterocycles. The van der Waals surface area contributed by atoms with Gasteiger partial charge in [0.15, 0.2) is 0 Å². The fourth-order valence-corrected chi connectivity index (χ4v) is 3.81. The molecule has 0 aliphatic carbocycles. The third kappa shape index (κ3) is 7.57. The normalized spacial score (nSPS) is 16.6. The third-order valence-electron chi connectivity index (χ3n) is 4.45. The zero-order chi connectivity index (χ0) is 19.9. The summed E-state index contributed by atoms with van der Waals surface area (Å²) in [5.41, 5.74) is 1.70. The van der Waals surface area contributed by atoms with E-state index in [0.29, 0.717) is 51.4 Å². The van der Waals surface area contributed by atoms with Crippen LogP contribution in [0.1, 0.15) is 36.2 Å². The van der Waals surface area contributed by atoms with Crippen molar-refractivity contribution in [3.05, 3.63) is 35.4 Å². The van der Waals surface area contributed by atoms with Gasteiger partial charge in [-0.1, -0.05) is 12.1 Å². The fraction of sp³-hybridized carbons (Fsp3) is 0.632. The van der Waals surface area contributed by atoms with Crippen LogP contribution in [0.5, 0.6) is 0 Å². The summed E-state index contributed by atoms with van der Waals surface area (Å²) >= 11 is 0. The fourth-order valence-electron chi connectivity index (χ4n) is 2.98. The van der Waals surface area contributed by atoms with Gasteiger partial charge in [0.25, 0.3) is 5.91 Å². The van der Waals surface area contributed by atoms with Crippen molar-refractivity contribution < 1.29 is 17.9 Å². The van der Waals surface area contributed by atoms with Crippen molar-refractivity contribution in [1.29, 1.82) is 0 Å². The average Bonchev–Trinajstić information content (AvgIpc) is 2.61. The molecule has 1 fully saturated rings. The number of nitrogens with one attached hydrogen (secondary N) is 1. The monoisotopic (exact) mass is 397 g/mol. The molecular weight excluding hydrogens is 366 g/mol. The first-order valence-electron chi connectivity index (χ1n) is 9.42. The molecule has 8 heteroatoms. The first kappa shape index (κ1) is 21.8. The molecule has 0 bridgehead atoms. The quantitative estimate of drug-likeness (QED) is 0.636. The molecule has 1 amide bonds. The molecule has 7 nitrogen and oxygen atoms in total. The van der Waals surface area contributed by atoms with Crippen LogP contribution < -0.4 is 5.32 Å². The van der Waals surface area contributed by atoms with Crippen molar-refractivity contribution in [2.75, 3.05) is 45.6 Å². The number of hydrogen-bond donors (Lipinski definition) is 1. The van der Waals surface area contributed by atoms with Crippen LogP contribution in [-0.4, -0.2) is 75.2 Å². The average molecular weight is 398 g/mol. The van der Waals surface area contributed by atoms with Crippen LogP contribution in [0.25, 0.3) is 0 Å². The molecule has 0 unspecified atom stereocenters. The summed E-state index contributed by atoms with van der Waals surface area (Å²) in [6.45, 7) is 8.32. The second-order valence-electron chi connectivity index (χ2n) is 7.17. The van der Waals surface area contributed by atoms with E-state index >= 15 is 0 Å². The minimum atomic E-state index is -3.11. The van der Waals surface area contributed by atoms with Crippen LogP contribution >= 0.6 is 0 Å². The van der Waals surface area contributed by atoms with Gasteiger partial charge in [0.1, 0.15) is 0 Å². The van der Waals surface area contributed by atoms with Crippen molar-refractivity contribution in [1.82, 2.24) is 14.5 Å². The van der Waals surface area contributed by atoms with E-state index in [0.717, 1.165) is 12.0 Å². The van der Waals surface area contributed by atoms with Crippen molar-refractivity contribution in [3.63, 3.8) is 0 Å². The molecule has 0 aromatic heterocycles. The number of amides is 1. The number of hydrogen-bond acceptors (Lipinski definition) is 5. The molecule has 27 heavy (non-hydrogen) atoms. The third-order valence-corrected chi connectivity index (χ3v) is 5.76. The maximum atomic E-state index is 12.3. The zero-order valence-electron chi connectivity index (χ0n) is 16.5. The first-order valence-corrected chi connectivity index (χ1v) is 11.3. The minimum absolute atomic E-state index is 0.0803. The second kappa shape index (κ2) is 10.2. The number of ether oxygens (including phenoxy) is 1. The molecule has 1 aliphatic rings. The van der Waals surface area contributed by atoms with Gasteiger partial charge in [-0.05, 0) is 38.0 Å². The molecule has 0 saturated carbocycles. The summed E-state index contributed by atoms with van der Waals surface area (Å²) in [6.07, 6.45) is 2.24. The lowest BCUT2D eigenvalue weighted by atomic mass is 10.1. The molecule has 0 atom stereocenters. The van der Waals surface area contributed by atoms with E-state index in [1.54, 1.807) is 0 Å². The summed E-state index contributed by atoms with van der Waals surface area (Å²) in [6, 6.07) is 7.60. The summed E-state index contributed by atoms with van der Waals surface area (Å²) in [7, 11) is -3.11. The highest BCUT2D eigenvalue weighted by molar-refractivity contribution is 7.88. The Morgan fingerprint density at radius 2 is 1.93 bits per heavy atom. The second-order valence-corrected chi connectivity index (χ2v) is 9.15. The summed E-state index contributed by atoms with van der Waals surface area (Å²) in [4.78, 5) is 14.5. The Morgan fingerprint density at radius 1 is 1.22 bits per heavy atom. The highest BCUT2D eigenvalue weighted by Crippen LogP contribution is 2.12. The zero-order valence-corrected chi connectivity index (χ0v) is 17.3. The Balaban J connectivity index is 1.80. The van der Waals surface area contributed by atoms with Gasteiger partial charge in [0.05, 0.1) is 12.4 Å². The number of nitrogens with zero attached hydrogens (tertiary/aromatic N) is 2. The lowest BCUT2D eigenvalue weighted by Crippen LogP contribution is -2.47. The van der Waals surface area contributed by atoms with E-state index in [9.17, 15) is 13.2 Å². The number of benzene rings is 1. The molecule has 1 aromatic carbocycles. The van der Waals surface area contributed by atoms with E-state index in [-0.39, 0.29) is 12.0 Å². The molecule has 1 N–H and O–H groups in total. The van der Waals surface area contributed by atoms with Gasteiger partial charge < -0.3 is 10.1 Å².